The van der Waals surface area contributed by atoms with Crippen molar-refractivity contribution in [2.24, 2.45) is 0 Å². The van der Waals surface area contributed by atoms with Gasteiger partial charge in [0.25, 0.3) is 15.9 Å². The largest absolute Gasteiger partial charge is 0.338 e. The number of fused-ring (bicyclic) bond motifs is 1. The van der Waals surface area contributed by atoms with E-state index in [2.05, 4.69) is 10.8 Å². The Hall–Kier alpha value is -3.30. The number of thiazole rings is 1. The summed E-state index contributed by atoms with van der Waals surface area (Å²) in [4.78, 5) is 19.7. The third-order valence-electron chi connectivity index (χ3n) is 5.90. The summed E-state index contributed by atoms with van der Waals surface area (Å²) in [5.41, 5.74) is 1.26. The average molecular weight is 496 g/mol. The topological polar surface area (TPSA) is 79.4 Å². The second-order valence-electron chi connectivity index (χ2n) is 8.22. The third-order valence-corrected chi connectivity index (χ3v) is 8.48. The molecule has 0 radical (unpaired) electrons. The number of hydrogen-bond acceptors (Lipinski definition) is 5. The predicted octanol–water partition coefficient (Wildman–Crippen LogP) is 5.26. The number of anilines is 1. The molecule has 6 nitrogen and oxygen atoms in total. The Bertz CT molecular complexity index is 1420. The van der Waals surface area contributed by atoms with E-state index in [-0.39, 0.29) is 22.4 Å². The summed E-state index contributed by atoms with van der Waals surface area (Å²) in [6.45, 7) is 1.22. The Morgan fingerprint density at radius 2 is 1.76 bits per heavy atom. The van der Waals surface area contributed by atoms with E-state index in [1.54, 1.807) is 22.3 Å². The molecule has 1 aliphatic heterocycles. The van der Waals surface area contributed by atoms with Gasteiger partial charge in [-0.15, -0.1) is 11.3 Å². The molecule has 1 atom stereocenters. The maximum atomic E-state index is 13.8. The number of benzene rings is 3. The zero-order valence-corrected chi connectivity index (χ0v) is 19.8. The van der Waals surface area contributed by atoms with E-state index in [9.17, 15) is 17.6 Å². The van der Waals surface area contributed by atoms with Crippen LogP contribution in [0.5, 0.6) is 0 Å². The van der Waals surface area contributed by atoms with Crippen molar-refractivity contribution in [2.75, 3.05) is 17.8 Å². The molecule has 0 saturated carbocycles. The summed E-state index contributed by atoms with van der Waals surface area (Å²) in [5, 5.41) is 1.04. The first-order valence-corrected chi connectivity index (χ1v) is 13.2. The molecule has 3 aromatic carbocycles. The van der Waals surface area contributed by atoms with E-state index in [1.807, 2.05) is 18.2 Å². The molecule has 1 N–H and O–H groups in total. The Kier molecular flexibility index (Phi) is 6.05. The van der Waals surface area contributed by atoms with Gasteiger partial charge in [-0.25, -0.2) is 17.8 Å². The molecule has 34 heavy (non-hydrogen) atoms. The van der Waals surface area contributed by atoms with Crippen molar-refractivity contribution in [3.8, 4) is 0 Å². The number of aromatic nitrogens is 1. The third kappa shape index (κ3) is 4.53. The number of carbonyl (C=O) groups excluding carboxylic acids is 1. The lowest BCUT2D eigenvalue weighted by Gasteiger charge is -2.32. The Morgan fingerprint density at radius 1 is 1.03 bits per heavy atom. The molecule has 5 rings (SSSR count). The minimum Gasteiger partial charge on any atom is -0.338 e. The smallest absolute Gasteiger partial charge is 0.261 e. The molecule has 1 aliphatic rings. The highest BCUT2D eigenvalue weighted by molar-refractivity contribution is 7.92. The van der Waals surface area contributed by atoms with Crippen molar-refractivity contribution in [1.82, 2.24) is 9.88 Å². The van der Waals surface area contributed by atoms with Crippen LogP contribution in [-0.2, 0) is 10.0 Å². The first-order chi connectivity index (χ1) is 16.4. The molecule has 0 aliphatic carbocycles. The predicted molar refractivity (Wildman–Crippen MR) is 131 cm³/mol. The van der Waals surface area contributed by atoms with E-state index in [4.69, 9.17) is 4.98 Å². The molecule has 2 heterocycles. The van der Waals surface area contributed by atoms with Crippen molar-refractivity contribution in [3.05, 3.63) is 89.2 Å². The highest BCUT2D eigenvalue weighted by Crippen LogP contribution is 2.33. The van der Waals surface area contributed by atoms with Crippen LogP contribution in [0, 0.1) is 5.82 Å². The van der Waals surface area contributed by atoms with Crippen LogP contribution in [0.4, 0.5) is 10.1 Å². The molecular formula is C25H22FN3O3S2. The molecule has 1 saturated heterocycles. The summed E-state index contributed by atoms with van der Waals surface area (Å²) < 4.78 is 42.5. The van der Waals surface area contributed by atoms with Crippen molar-refractivity contribution in [3.63, 3.8) is 0 Å². The van der Waals surface area contributed by atoms with Gasteiger partial charge < -0.3 is 4.90 Å². The Balaban J connectivity index is 1.30. The van der Waals surface area contributed by atoms with E-state index < -0.39 is 15.8 Å². The van der Waals surface area contributed by atoms with Gasteiger partial charge in [0.15, 0.2) is 0 Å². The van der Waals surface area contributed by atoms with Crippen molar-refractivity contribution < 1.29 is 17.6 Å². The number of likely N-dealkylation sites (tertiary alicyclic amines) is 1. The number of amides is 1. The van der Waals surface area contributed by atoms with Gasteiger partial charge in [0.05, 0.1) is 25.8 Å². The number of halogens is 1. The fourth-order valence-electron chi connectivity index (χ4n) is 4.13. The molecule has 0 spiro atoms. The van der Waals surface area contributed by atoms with Gasteiger partial charge in [-0.1, -0.05) is 24.3 Å². The van der Waals surface area contributed by atoms with E-state index >= 15 is 0 Å². The van der Waals surface area contributed by atoms with Crippen LogP contribution in [0.25, 0.3) is 10.2 Å². The molecule has 1 fully saturated rings. The van der Waals surface area contributed by atoms with Crippen LogP contribution in [-0.4, -0.2) is 37.3 Å². The van der Waals surface area contributed by atoms with Crippen LogP contribution in [0.1, 0.15) is 34.1 Å². The van der Waals surface area contributed by atoms with Gasteiger partial charge in [0, 0.05) is 24.6 Å². The SMILES string of the molecule is O=C(c1ccc(S(=O)(=O)Nc2ccccc2F)cc1)N1CCCC(c2nc3ccccc3s2)C1. The van der Waals surface area contributed by atoms with Crippen molar-refractivity contribution in [2.45, 2.75) is 23.7 Å². The lowest BCUT2D eigenvalue weighted by molar-refractivity contribution is 0.0707. The number of piperidine rings is 1. The first kappa shape index (κ1) is 22.5. The number of sulfonamides is 1. The van der Waals surface area contributed by atoms with Crippen molar-refractivity contribution >= 4 is 43.2 Å². The maximum absolute atomic E-state index is 13.8. The van der Waals surface area contributed by atoms with Crippen molar-refractivity contribution in [1.29, 1.82) is 0 Å². The molecule has 4 aromatic rings. The van der Waals surface area contributed by atoms with Crippen LogP contribution in [0.3, 0.4) is 0 Å². The number of nitrogens with zero attached hydrogens (tertiary/aromatic N) is 2. The summed E-state index contributed by atoms with van der Waals surface area (Å²) in [6, 6.07) is 19.3. The number of carbonyl (C=O) groups is 1. The monoisotopic (exact) mass is 495 g/mol. The van der Waals surface area contributed by atoms with E-state index in [1.165, 1.54) is 42.5 Å². The number of para-hydroxylation sites is 2. The zero-order chi connectivity index (χ0) is 23.7. The molecule has 1 unspecified atom stereocenters. The van der Waals surface area contributed by atoms with Crippen LogP contribution in [0.15, 0.2) is 77.7 Å². The average Bonchev–Trinajstić information content (AvgIpc) is 3.30. The molecule has 1 amide bonds. The molecule has 9 heteroatoms. The molecule has 174 valence electrons. The van der Waals surface area contributed by atoms with Crippen LogP contribution < -0.4 is 4.72 Å². The zero-order valence-electron chi connectivity index (χ0n) is 18.1. The minimum absolute atomic E-state index is 0.0432. The van der Waals surface area contributed by atoms with Gasteiger partial charge in [-0.3, -0.25) is 9.52 Å². The molecular weight excluding hydrogens is 473 g/mol. The van der Waals surface area contributed by atoms with Crippen LogP contribution in [0.2, 0.25) is 0 Å². The summed E-state index contributed by atoms with van der Waals surface area (Å²) >= 11 is 1.67. The van der Waals surface area contributed by atoms with Gasteiger partial charge in [0.1, 0.15) is 5.82 Å². The van der Waals surface area contributed by atoms with Gasteiger partial charge in [-0.2, -0.15) is 0 Å². The summed E-state index contributed by atoms with van der Waals surface area (Å²) in [6.07, 6.45) is 1.86. The lowest BCUT2D eigenvalue weighted by atomic mass is 9.98. The maximum Gasteiger partial charge on any atom is 0.261 e. The second-order valence-corrected chi connectivity index (χ2v) is 11.0. The molecule has 0 bridgehead atoms. The number of nitrogens with one attached hydrogen (secondary N) is 1. The second kappa shape index (κ2) is 9.15. The van der Waals surface area contributed by atoms with E-state index in [0.717, 1.165) is 28.1 Å². The van der Waals surface area contributed by atoms with E-state index in [0.29, 0.717) is 18.7 Å². The minimum atomic E-state index is -3.98. The van der Waals surface area contributed by atoms with Gasteiger partial charge >= 0.3 is 0 Å². The lowest BCUT2D eigenvalue weighted by Crippen LogP contribution is -2.39. The number of rotatable bonds is 5. The fraction of sp³-hybridized carbons (Fsp3) is 0.200. The van der Waals surface area contributed by atoms with Crippen LogP contribution >= 0.6 is 11.3 Å². The molecule has 1 aromatic heterocycles. The quantitative estimate of drug-likeness (QED) is 0.410. The number of hydrogen-bond donors (Lipinski definition) is 1. The Morgan fingerprint density at radius 3 is 2.53 bits per heavy atom. The van der Waals surface area contributed by atoms with Gasteiger partial charge in [0.2, 0.25) is 0 Å². The standard InChI is InChI=1S/C25H22FN3O3S2/c26-20-7-1-2-8-21(20)28-34(31,32)19-13-11-17(12-14-19)25(30)29-15-5-6-18(16-29)24-27-22-9-3-4-10-23(22)33-24/h1-4,7-14,18,28H,5-6,15-16H2. The summed E-state index contributed by atoms with van der Waals surface area (Å²) in [7, 11) is -3.98. The first-order valence-electron chi connectivity index (χ1n) is 10.9. The fourth-order valence-corrected chi connectivity index (χ4v) is 6.30. The van der Waals surface area contributed by atoms with Gasteiger partial charge in [-0.05, 0) is 61.4 Å². The normalized spacial score (nSPS) is 16.5. The highest BCUT2D eigenvalue weighted by Gasteiger charge is 2.28. The Labute approximate surface area is 201 Å². The highest BCUT2D eigenvalue weighted by atomic mass is 32.2. The summed E-state index contributed by atoms with van der Waals surface area (Å²) in [5.74, 6) is -0.623.